The van der Waals surface area contributed by atoms with Crippen molar-refractivity contribution in [2.75, 3.05) is 6.61 Å². The Labute approximate surface area is 113 Å². The van der Waals surface area contributed by atoms with Gasteiger partial charge in [0.2, 0.25) is 5.91 Å². The molecule has 0 spiro atoms. The van der Waals surface area contributed by atoms with Crippen LogP contribution in [0.15, 0.2) is 24.3 Å². The van der Waals surface area contributed by atoms with E-state index in [1.807, 2.05) is 6.92 Å². The summed E-state index contributed by atoms with van der Waals surface area (Å²) >= 11 is 0. The Morgan fingerprint density at radius 1 is 1.11 bits per heavy atom. The fraction of sp³-hybridized carbons (Fsp3) is 0.429. The molecule has 19 heavy (non-hydrogen) atoms. The molecule has 0 fully saturated rings. The molecular weight excluding hydrogens is 244 g/mol. The van der Waals surface area contributed by atoms with Crippen LogP contribution in [0.5, 0.6) is 5.75 Å². The van der Waals surface area contributed by atoms with Crippen LogP contribution in [0.1, 0.15) is 38.1 Å². The Morgan fingerprint density at radius 2 is 1.68 bits per heavy atom. The van der Waals surface area contributed by atoms with Gasteiger partial charge in [-0.1, -0.05) is 20.8 Å². The van der Waals surface area contributed by atoms with Crippen molar-refractivity contribution in [3.8, 4) is 5.75 Å². The van der Waals surface area contributed by atoms with E-state index in [2.05, 4.69) is 10.9 Å². The van der Waals surface area contributed by atoms with Crippen molar-refractivity contribution in [1.82, 2.24) is 10.9 Å². The lowest BCUT2D eigenvalue weighted by Gasteiger charge is -2.17. The summed E-state index contributed by atoms with van der Waals surface area (Å²) in [6.07, 6.45) is 0. The maximum Gasteiger partial charge on any atom is 0.269 e. The van der Waals surface area contributed by atoms with Gasteiger partial charge in [-0.15, -0.1) is 0 Å². The molecule has 1 rings (SSSR count). The minimum absolute atomic E-state index is 0.244. The lowest BCUT2D eigenvalue weighted by Crippen LogP contribution is -2.46. The summed E-state index contributed by atoms with van der Waals surface area (Å²) in [7, 11) is 0. The van der Waals surface area contributed by atoms with E-state index in [1.165, 1.54) is 0 Å². The van der Waals surface area contributed by atoms with Crippen LogP contribution in [0.25, 0.3) is 0 Å². The van der Waals surface area contributed by atoms with Crippen LogP contribution in [0.3, 0.4) is 0 Å². The van der Waals surface area contributed by atoms with Crippen molar-refractivity contribution in [2.45, 2.75) is 27.7 Å². The molecule has 5 nitrogen and oxygen atoms in total. The summed E-state index contributed by atoms with van der Waals surface area (Å²) in [5.41, 5.74) is 4.68. The molecule has 1 aromatic carbocycles. The number of hydrogen-bond donors (Lipinski definition) is 2. The number of benzene rings is 1. The highest BCUT2D eigenvalue weighted by Crippen LogP contribution is 2.13. The molecule has 1 aromatic rings. The summed E-state index contributed by atoms with van der Waals surface area (Å²) in [6, 6.07) is 6.71. The molecule has 2 amide bonds. The maximum atomic E-state index is 11.8. The zero-order valence-electron chi connectivity index (χ0n) is 11.7. The standard InChI is InChI=1S/C14H20N2O3/c1-5-19-11-8-6-10(7-9-11)12(17)15-16-13(18)14(2,3)4/h6-9H,5H2,1-4H3,(H,15,17)(H,16,18). The van der Waals surface area contributed by atoms with E-state index < -0.39 is 5.41 Å². The number of nitrogens with one attached hydrogen (secondary N) is 2. The van der Waals surface area contributed by atoms with Crippen molar-refractivity contribution in [1.29, 1.82) is 0 Å². The van der Waals surface area contributed by atoms with Gasteiger partial charge in [-0.25, -0.2) is 0 Å². The smallest absolute Gasteiger partial charge is 0.269 e. The van der Waals surface area contributed by atoms with E-state index in [-0.39, 0.29) is 11.8 Å². The van der Waals surface area contributed by atoms with Gasteiger partial charge >= 0.3 is 0 Å². The van der Waals surface area contributed by atoms with Gasteiger partial charge in [0.25, 0.3) is 5.91 Å². The van der Waals surface area contributed by atoms with Crippen LogP contribution < -0.4 is 15.6 Å². The van der Waals surface area contributed by atoms with Gasteiger partial charge in [0, 0.05) is 11.0 Å². The quantitative estimate of drug-likeness (QED) is 0.819. The molecule has 5 heteroatoms. The predicted molar refractivity (Wildman–Crippen MR) is 72.7 cm³/mol. The topological polar surface area (TPSA) is 67.4 Å². The van der Waals surface area contributed by atoms with Crippen molar-refractivity contribution >= 4 is 11.8 Å². The summed E-state index contributed by atoms with van der Waals surface area (Å²) in [5.74, 6) is 0.102. The Kier molecular flexibility index (Phi) is 4.92. The third-order valence-corrected chi connectivity index (χ3v) is 2.40. The Morgan fingerprint density at radius 3 is 2.16 bits per heavy atom. The molecule has 0 unspecified atom stereocenters. The molecule has 0 aromatic heterocycles. The lowest BCUT2D eigenvalue weighted by atomic mass is 9.96. The van der Waals surface area contributed by atoms with E-state index >= 15 is 0 Å². The van der Waals surface area contributed by atoms with Gasteiger partial charge in [0.05, 0.1) is 6.61 Å². The molecule has 0 saturated heterocycles. The molecule has 0 radical (unpaired) electrons. The van der Waals surface area contributed by atoms with E-state index in [1.54, 1.807) is 45.0 Å². The third-order valence-electron chi connectivity index (χ3n) is 2.40. The van der Waals surface area contributed by atoms with E-state index in [0.29, 0.717) is 17.9 Å². The SMILES string of the molecule is CCOc1ccc(C(=O)NNC(=O)C(C)(C)C)cc1. The van der Waals surface area contributed by atoms with Gasteiger partial charge < -0.3 is 4.74 Å². The Balaban J connectivity index is 2.56. The fourth-order valence-corrected chi connectivity index (χ4v) is 1.24. The maximum absolute atomic E-state index is 11.8. The zero-order chi connectivity index (χ0) is 14.5. The average molecular weight is 264 g/mol. The van der Waals surface area contributed by atoms with Crippen LogP contribution >= 0.6 is 0 Å². The highest BCUT2D eigenvalue weighted by molar-refractivity contribution is 5.95. The Hall–Kier alpha value is -2.04. The van der Waals surface area contributed by atoms with Crippen LogP contribution in [0.2, 0.25) is 0 Å². The fourth-order valence-electron chi connectivity index (χ4n) is 1.24. The Bertz CT molecular complexity index is 447. The summed E-state index contributed by atoms with van der Waals surface area (Å²) in [5, 5.41) is 0. The molecule has 0 atom stereocenters. The number of hydrazine groups is 1. The molecule has 0 heterocycles. The first-order valence-corrected chi connectivity index (χ1v) is 6.18. The van der Waals surface area contributed by atoms with Gasteiger partial charge in [-0.3, -0.25) is 20.4 Å². The van der Waals surface area contributed by atoms with Crippen LogP contribution in [0, 0.1) is 5.41 Å². The largest absolute Gasteiger partial charge is 0.494 e. The number of hydrogen-bond acceptors (Lipinski definition) is 3. The number of carbonyl (C=O) groups excluding carboxylic acids is 2. The van der Waals surface area contributed by atoms with Crippen molar-refractivity contribution in [3.05, 3.63) is 29.8 Å². The highest BCUT2D eigenvalue weighted by Gasteiger charge is 2.21. The lowest BCUT2D eigenvalue weighted by molar-refractivity contribution is -0.129. The second kappa shape index (κ2) is 6.22. The molecule has 0 aliphatic carbocycles. The van der Waals surface area contributed by atoms with Gasteiger partial charge in [-0.05, 0) is 31.2 Å². The number of carbonyl (C=O) groups is 2. The van der Waals surface area contributed by atoms with E-state index in [0.717, 1.165) is 0 Å². The monoisotopic (exact) mass is 264 g/mol. The first-order valence-electron chi connectivity index (χ1n) is 6.18. The molecule has 2 N–H and O–H groups in total. The normalized spacial score (nSPS) is 10.7. The van der Waals surface area contributed by atoms with E-state index in [4.69, 9.17) is 4.74 Å². The van der Waals surface area contributed by atoms with Crippen molar-refractivity contribution in [2.24, 2.45) is 5.41 Å². The molecule has 0 aliphatic heterocycles. The summed E-state index contributed by atoms with van der Waals surface area (Å²) < 4.78 is 5.28. The zero-order valence-corrected chi connectivity index (χ0v) is 11.7. The first-order chi connectivity index (χ1) is 8.84. The number of ether oxygens (including phenoxy) is 1. The van der Waals surface area contributed by atoms with Gasteiger partial charge in [-0.2, -0.15) is 0 Å². The van der Waals surface area contributed by atoms with E-state index in [9.17, 15) is 9.59 Å². The van der Waals surface area contributed by atoms with Gasteiger partial charge in [0.1, 0.15) is 5.75 Å². The molecule has 104 valence electrons. The molecule has 0 bridgehead atoms. The van der Waals surface area contributed by atoms with Crippen LogP contribution in [-0.2, 0) is 4.79 Å². The minimum Gasteiger partial charge on any atom is -0.494 e. The second-order valence-electron chi connectivity index (χ2n) is 5.12. The summed E-state index contributed by atoms with van der Waals surface area (Å²) in [6.45, 7) is 7.78. The number of amides is 2. The first kappa shape index (κ1) is 15.0. The minimum atomic E-state index is -0.550. The second-order valence-corrected chi connectivity index (χ2v) is 5.12. The van der Waals surface area contributed by atoms with Crippen LogP contribution in [-0.4, -0.2) is 18.4 Å². The highest BCUT2D eigenvalue weighted by atomic mass is 16.5. The van der Waals surface area contributed by atoms with Crippen LogP contribution in [0.4, 0.5) is 0 Å². The van der Waals surface area contributed by atoms with Gasteiger partial charge in [0.15, 0.2) is 0 Å². The molecule has 0 aliphatic rings. The molecule has 0 saturated carbocycles. The molecular formula is C14H20N2O3. The van der Waals surface area contributed by atoms with Crippen molar-refractivity contribution < 1.29 is 14.3 Å². The summed E-state index contributed by atoms with van der Waals surface area (Å²) in [4.78, 5) is 23.4. The van der Waals surface area contributed by atoms with Crippen molar-refractivity contribution in [3.63, 3.8) is 0 Å². The predicted octanol–water partition coefficient (Wildman–Crippen LogP) is 1.89. The average Bonchev–Trinajstić information content (AvgIpc) is 2.35. The number of rotatable bonds is 3. The third kappa shape index (κ3) is 4.62.